The van der Waals surface area contributed by atoms with Crippen LogP contribution in [0, 0.1) is 0 Å². The summed E-state index contributed by atoms with van der Waals surface area (Å²) in [6, 6.07) is 0. The molecule has 1 aliphatic rings. The summed E-state index contributed by atoms with van der Waals surface area (Å²) < 4.78 is 29.3. The highest BCUT2D eigenvalue weighted by molar-refractivity contribution is 7.89. The van der Waals surface area contributed by atoms with Crippen molar-refractivity contribution in [2.45, 2.75) is 6.42 Å². The minimum absolute atomic E-state index is 0.0366. The Labute approximate surface area is 112 Å². The number of carboxylic acids is 1. The Hall–Kier alpha value is -1.19. The second-order valence-corrected chi connectivity index (χ2v) is 6.19. The largest absolute Gasteiger partial charge is 0.481 e. The summed E-state index contributed by atoms with van der Waals surface area (Å²) in [6.07, 6.45) is 0.0366. The molecule has 0 aromatic rings. The third kappa shape index (κ3) is 5.13. The molecule has 0 radical (unpaired) electrons. The Morgan fingerprint density at radius 1 is 1.21 bits per heavy atom. The smallest absolute Gasteiger partial charge is 0.322 e. The SMILES string of the molecule is COC(=O)CS(=O)(=O)N1CCN(CCC(=O)O)CC1. The zero-order valence-corrected chi connectivity index (χ0v) is 11.6. The molecule has 0 aliphatic carbocycles. The average Bonchev–Trinajstić information content (AvgIpc) is 2.36. The number of methoxy groups -OCH3 is 1. The van der Waals surface area contributed by atoms with E-state index >= 15 is 0 Å². The predicted octanol–water partition coefficient (Wildman–Crippen LogP) is -1.42. The van der Waals surface area contributed by atoms with E-state index in [1.165, 1.54) is 4.31 Å². The van der Waals surface area contributed by atoms with Crippen molar-refractivity contribution in [2.24, 2.45) is 0 Å². The molecule has 0 unspecified atom stereocenters. The number of carbonyl (C=O) groups is 2. The molecule has 0 atom stereocenters. The van der Waals surface area contributed by atoms with Gasteiger partial charge in [0.2, 0.25) is 10.0 Å². The van der Waals surface area contributed by atoms with Gasteiger partial charge in [-0.15, -0.1) is 0 Å². The monoisotopic (exact) mass is 294 g/mol. The Morgan fingerprint density at radius 2 is 1.79 bits per heavy atom. The van der Waals surface area contributed by atoms with Crippen LogP contribution in [-0.4, -0.2) is 80.3 Å². The standard InChI is InChI=1S/C10H18N2O6S/c1-18-10(15)8-19(16,17)12-6-4-11(5-7-12)3-2-9(13)14/h2-8H2,1H3,(H,13,14). The molecule has 1 heterocycles. The number of nitrogens with zero attached hydrogens (tertiary/aromatic N) is 2. The summed E-state index contributed by atoms with van der Waals surface area (Å²) in [5.41, 5.74) is 0. The maximum atomic E-state index is 11.8. The number of sulfonamides is 1. The lowest BCUT2D eigenvalue weighted by Crippen LogP contribution is -2.50. The van der Waals surface area contributed by atoms with Crippen molar-refractivity contribution >= 4 is 22.0 Å². The molecule has 110 valence electrons. The van der Waals surface area contributed by atoms with Crippen LogP contribution >= 0.6 is 0 Å². The molecule has 1 rings (SSSR count). The van der Waals surface area contributed by atoms with E-state index < -0.39 is 27.7 Å². The summed E-state index contributed by atoms with van der Waals surface area (Å²) in [7, 11) is -2.49. The molecule has 1 N–H and O–H groups in total. The van der Waals surface area contributed by atoms with Gasteiger partial charge in [-0.3, -0.25) is 9.59 Å². The minimum Gasteiger partial charge on any atom is -0.481 e. The van der Waals surface area contributed by atoms with Crippen LogP contribution in [0.25, 0.3) is 0 Å². The molecule has 19 heavy (non-hydrogen) atoms. The van der Waals surface area contributed by atoms with E-state index in [-0.39, 0.29) is 19.5 Å². The molecule has 0 amide bonds. The van der Waals surface area contributed by atoms with Crippen molar-refractivity contribution in [3.05, 3.63) is 0 Å². The normalized spacial score (nSPS) is 18.2. The molecule has 9 heteroatoms. The molecule has 1 aliphatic heterocycles. The summed E-state index contributed by atoms with van der Waals surface area (Å²) >= 11 is 0. The van der Waals surface area contributed by atoms with Crippen molar-refractivity contribution < 1.29 is 27.9 Å². The summed E-state index contributed by atoms with van der Waals surface area (Å²) in [5.74, 6) is -2.31. The number of carboxylic acid groups (broad SMARTS) is 1. The molecule has 8 nitrogen and oxygen atoms in total. The Morgan fingerprint density at radius 3 is 2.26 bits per heavy atom. The van der Waals surface area contributed by atoms with E-state index in [1.54, 1.807) is 0 Å². The molecular weight excluding hydrogens is 276 g/mol. The highest BCUT2D eigenvalue weighted by Gasteiger charge is 2.29. The highest BCUT2D eigenvalue weighted by atomic mass is 32.2. The second-order valence-electron chi connectivity index (χ2n) is 4.22. The third-order valence-electron chi connectivity index (χ3n) is 2.89. The van der Waals surface area contributed by atoms with Crippen LogP contribution in [0.3, 0.4) is 0 Å². The van der Waals surface area contributed by atoms with E-state index in [1.807, 2.05) is 4.90 Å². The molecule has 0 bridgehead atoms. The lowest BCUT2D eigenvalue weighted by molar-refractivity contribution is -0.138. The molecule has 0 aromatic carbocycles. The lowest BCUT2D eigenvalue weighted by atomic mass is 10.3. The minimum atomic E-state index is -3.63. The highest BCUT2D eigenvalue weighted by Crippen LogP contribution is 2.08. The van der Waals surface area contributed by atoms with Gasteiger partial charge in [-0.05, 0) is 0 Å². The van der Waals surface area contributed by atoms with Crippen LogP contribution in [-0.2, 0) is 24.3 Å². The maximum Gasteiger partial charge on any atom is 0.322 e. The van der Waals surface area contributed by atoms with Crippen LogP contribution in [0.5, 0.6) is 0 Å². The van der Waals surface area contributed by atoms with Crippen molar-refractivity contribution in [1.82, 2.24) is 9.21 Å². The maximum absolute atomic E-state index is 11.8. The fraction of sp³-hybridized carbons (Fsp3) is 0.800. The topological polar surface area (TPSA) is 104 Å². The van der Waals surface area contributed by atoms with E-state index in [2.05, 4.69) is 4.74 Å². The second kappa shape index (κ2) is 6.83. The van der Waals surface area contributed by atoms with E-state index in [9.17, 15) is 18.0 Å². The molecule has 1 saturated heterocycles. The number of ether oxygens (including phenoxy) is 1. The number of hydrogen-bond donors (Lipinski definition) is 1. The zero-order chi connectivity index (χ0) is 14.5. The lowest BCUT2D eigenvalue weighted by Gasteiger charge is -2.33. The number of carbonyl (C=O) groups excluding carboxylic acids is 1. The fourth-order valence-corrected chi connectivity index (χ4v) is 3.10. The van der Waals surface area contributed by atoms with Gasteiger partial charge in [-0.25, -0.2) is 8.42 Å². The Balaban J connectivity index is 2.44. The van der Waals surface area contributed by atoms with Gasteiger partial charge >= 0.3 is 11.9 Å². The van der Waals surface area contributed by atoms with Crippen LogP contribution in [0.1, 0.15) is 6.42 Å². The molecule has 1 fully saturated rings. The van der Waals surface area contributed by atoms with Gasteiger partial charge in [0.25, 0.3) is 0 Å². The Bertz CT molecular complexity index is 427. The van der Waals surface area contributed by atoms with E-state index in [0.29, 0.717) is 19.6 Å². The van der Waals surface area contributed by atoms with E-state index in [0.717, 1.165) is 7.11 Å². The first-order chi connectivity index (χ1) is 8.85. The van der Waals surface area contributed by atoms with Crippen LogP contribution in [0.15, 0.2) is 0 Å². The van der Waals surface area contributed by atoms with Gasteiger partial charge in [0.15, 0.2) is 5.75 Å². The molecule has 0 aromatic heterocycles. The van der Waals surface area contributed by atoms with Crippen LogP contribution in [0.4, 0.5) is 0 Å². The molecule has 0 spiro atoms. The predicted molar refractivity (Wildman–Crippen MR) is 66.1 cm³/mol. The van der Waals surface area contributed by atoms with Gasteiger partial charge in [0.05, 0.1) is 13.5 Å². The zero-order valence-electron chi connectivity index (χ0n) is 10.7. The number of esters is 1. The first kappa shape index (κ1) is 15.9. The number of hydrogen-bond acceptors (Lipinski definition) is 6. The average molecular weight is 294 g/mol. The summed E-state index contributed by atoms with van der Waals surface area (Å²) in [5, 5.41) is 8.57. The number of piperazine rings is 1. The van der Waals surface area contributed by atoms with Crippen LogP contribution in [0.2, 0.25) is 0 Å². The van der Waals surface area contributed by atoms with Crippen molar-refractivity contribution in [3.8, 4) is 0 Å². The first-order valence-corrected chi connectivity index (χ1v) is 7.45. The third-order valence-corrected chi connectivity index (χ3v) is 4.65. The van der Waals surface area contributed by atoms with E-state index in [4.69, 9.17) is 5.11 Å². The quantitative estimate of drug-likeness (QED) is 0.600. The molecule has 0 saturated carbocycles. The molecular formula is C10H18N2O6S. The van der Waals surface area contributed by atoms with Gasteiger partial charge in [-0.1, -0.05) is 0 Å². The number of aliphatic carboxylic acids is 1. The number of rotatable bonds is 6. The first-order valence-electron chi connectivity index (χ1n) is 5.84. The van der Waals surface area contributed by atoms with Gasteiger partial charge in [-0.2, -0.15) is 4.31 Å². The van der Waals surface area contributed by atoms with Gasteiger partial charge in [0.1, 0.15) is 0 Å². The van der Waals surface area contributed by atoms with Gasteiger partial charge in [0, 0.05) is 32.7 Å². The van der Waals surface area contributed by atoms with Crippen molar-refractivity contribution in [1.29, 1.82) is 0 Å². The fourth-order valence-electron chi connectivity index (χ4n) is 1.78. The summed E-state index contributed by atoms with van der Waals surface area (Å²) in [4.78, 5) is 23.3. The van der Waals surface area contributed by atoms with Gasteiger partial charge < -0.3 is 14.7 Å². The van der Waals surface area contributed by atoms with Crippen molar-refractivity contribution in [3.63, 3.8) is 0 Å². The van der Waals surface area contributed by atoms with Crippen molar-refractivity contribution in [2.75, 3.05) is 45.6 Å². The Kier molecular flexibility index (Phi) is 5.70. The summed E-state index contributed by atoms with van der Waals surface area (Å²) in [6.45, 7) is 1.86. The van der Waals surface area contributed by atoms with Crippen LogP contribution < -0.4 is 0 Å².